The predicted octanol–water partition coefficient (Wildman–Crippen LogP) is 4.35. The van der Waals surface area contributed by atoms with Crippen molar-refractivity contribution in [2.75, 3.05) is 25.0 Å². The van der Waals surface area contributed by atoms with Gasteiger partial charge in [-0.2, -0.15) is 10.4 Å². The Morgan fingerprint density at radius 2 is 2.00 bits per heavy atom. The van der Waals surface area contributed by atoms with Crippen LogP contribution < -0.4 is 10.6 Å². The van der Waals surface area contributed by atoms with Gasteiger partial charge in [-0.3, -0.25) is 4.68 Å². The minimum atomic E-state index is -0.562. The molecule has 0 bridgehead atoms. The van der Waals surface area contributed by atoms with E-state index in [2.05, 4.69) is 15.7 Å². The molecule has 1 aliphatic heterocycles. The van der Waals surface area contributed by atoms with Crippen LogP contribution in [0.3, 0.4) is 0 Å². The summed E-state index contributed by atoms with van der Waals surface area (Å²) in [5.74, 6) is 0.475. The third-order valence-corrected chi connectivity index (χ3v) is 6.57. The highest BCUT2D eigenvalue weighted by Crippen LogP contribution is 2.34. The van der Waals surface area contributed by atoms with Crippen molar-refractivity contribution >= 4 is 16.9 Å². The van der Waals surface area contributed by atoms with Crippen LogP contribution in [0.5, 0.6) is 0 Å². The first-order valence-corrected chi connectivity index (χ1v) is 11.4. The highest BCUT2D eigenvalue weighted by Gasteiger charge is 2.18. The summed E-state index contributed by atoms with van der Waals surface area (Å²) in [5.41, 5.74) is 6.08. The molecule has 0 spiro atoms. The summed E-state index contributed by atoms with van der Waals surface area (Å²) in [6.07, 6.45) is 1.11. The van der Waals surface area contributed by atoms with Gasteiger partial charge in [-0.15, -0.1) is 0 Å². The third kappa shape index (κ3) is 3.99. The average Bonchev–Trinajstić information content (AvgIpc) is 3.44. The van der Waals surface area contributed by atoms with Crippen molar-refractivity contribution in [3.8, 4) is 28.5 Å². The second-order valence-electron chi connectivity index (χ2n) is 8.84. The number of hydrogen-bond acceptors (Lipinski definition) is 6. The van der Waals surface area contributed by atoms with Crippen molar-refractivity contribution in [3.63, 3.8) is 0 Å². The summed E-state index contributed by atoms with van der Waals surface area (Å²) < 4.78 is 16.4. The monoisotopic (exact) mass is 455 g/mol. The molecule has 1 saturated heterocycles. The van der Waals surface area contributed by atoms with Crippen molar-refractivity contribution in [2.45, 2.75) is 20.3 Å². The normalized spacial score (nSPS) is 15.6. The Morgan fingerprint density at radius 3 is 2.68 bits per heavy atom. The number of aromatic nitrogens is 4. The van der Waals surface area contributed by atoms with Crippen LogP contribution in [0.4, 0.5) is 10.3 Å². The molecule has 1 aliphatic rings. The lowest BCUT2D eigenvalue weighted by atomic mass is 9.98. The summed E-state index contributed by atoms with van der Waals surface area (Å²) in [4.78, 5) is 9.55. The molecule has 7 nitrogen and oxygen atoms in total. The van der Waals surface area contributed by atoms with E-state index in [0.717, 1.165) is 59.5 Å². The minimum Gasteiger partial charge on any atom is -0.354 e. The Kier molecular flexibility index (Phi) is 5.72. The quantitative estimate of drug-likeness (QED) is 0.465. The maximum absolute atomic E-state index is 14.5. The van der Waals surface area contributed by atoms with E-state index in [4.69, 9.17) is 15.2 Å². The molecule has 0 amide bonds. The topological polar surface area (TPSA) is 91.4 Å². The van der Waals surface area contributed by atoms with Gasteiger partial charge in [-0.25, -0.2) is 14.4 Å². The van der Waals surface area contributed by atoms with E-state index in [1.165, 1.54) is 12.1 Å². The summed E-state index contributed by atoms with van der Waals surface area (Å²) in [6, 6.07) is 12.6. The third-order valence-electron chi connectivity index (χ3n) is 6.57. The summed E-state index contributed by atoms with van der Waals surface area (Å²) in [7, 11) is 1.93. The van der Waals surface area contributed by atoms with Gasteiger partial charge in [-0.05, 0) is 69.1 Å². The van der Waals surface area contributed by atoms with Crippen molar-refractivity contribution in [3.05, 3.63) is 59.2 Å². The Labute approximate surface area is 197 Å². The Balaban J connectivity index is 1.65. The minimum absolute atomic E-state index is 0.0106. The zero-order chi connectivity index (χ0) is 23.8. The van der Waals surface area contributed by atoms with E-state index in [0.29, 0.717) is 23.1 Å². The van der Waals surface area contributed by atoms with Crippen molar-refractivity contribution in [1.82, 2.24) is 25.1 Å². The van der Waals surface area contributed by atoms with Crippen LogP contribution in [0.2, 0.25) is 0 Å². The molecule has 34 heavy (non-hydrogen) atoms. The number of benzene rings is 2. The predicted molar refractivity (Wildman–Crippen MR) is 131 cm³/mol. The van der Waals surface area contributed by atoms with Crippen molar-refractivity contribution < 1.29 is 4.39 Å². The van der Waals surface area contributed by atoms with Gasteiger partial charge in [0.1, 0.15) is 11.9 Å². The number of nitrogens with one attached hydrogen (secondary N) is 2. The average molecular weight is 456 g/mol. The van der Waals surface area contributed by atoms with E-state index < -0.39 is 5.82 Å². The van der Waals surface area contributed by atoms with Crippen molar-refractivity contribution in [1.29, 1.82) is 5.26 Å². The number of nitrogens with zero attached hydrogens (tertiary/aromatic N) is 5. The summed E-state index contributed by atoms with van der Waals surface area (Å²) in [6.45, 7) is 6.80. The van der Waals surface area contributed by atoms with Gasteiger partial charge in [0.25, 0.3) is 0 Å². The van der Waals surface area contributed by atoms with Crippen LogP contribution >= 0.6 is 0 Å². The zero-order valence-electron chi connectivity index (χ0n) is 19.5. The lowest BCUT2D eigenvalue weighted by molar-refractivity contribution is 0.613. The van der Waals surface area contributed by atoms with Gasteiger partial charge in [0.15, 0.2) is 0 Å². The molecule has 1 fully saturated rings. The number of nitriles is 1. The molecule has 1 unspecified atom stereocenters. The van der Waals surface area contributed by atoms with Crippen LogP contribution in [0.15, 0.2) is 36.4 Å². The van der Waals surface area contributed by atoms with Gasteiger partial charge in [0.2, 0.25) is 5.95 Å². The second-order valence-corrected chi connectivity index (χ2v) is 8.84. The highest BCUT2D eigenvalue weighted by atomic mass is 19.1. The maximum atomic E-state index is 14.5. The molecular formula is C26H26FN7. The van der Waals surface area contributed by atoms with Gasteiger partial charge in [-0.1, -0.05) is 12.1 Å². The molecule has 2 aromatic carbocycles. The molecule has 3 heterocycles. The smallest absolute Gasteiger partial charge is 0.223 e. The maximum Gasteiger partial charge on any atom is 0.223 e. The molecule has 172 valence electrons. The first kappa shape index (κ1) is 22.0. The molecular weight excluding hydrogens is 429 g/mol. The first-order valence-electron chi connectivity index (χ1n) is 11.4. The molecule has 2 aromatic heterocycles. The molecule has 0 aliphatic carbocycles. The van der Waals surface area contributed by atoms with Gasteiger partial charge in [0, 0.05) is 35.8 Å². The summed E-state index contributed by atoms with van der Waals surface area (Å²) >= 11 is 0. The fourth-order valence-corrected chi connectivity index (χ4v) is 4.65. The Hall–Kier alpha value is -3.83. The lowest BCUT2D eigenvalue weighted by Crippen LogP contribution is -2.18. The molecule has 8 heteroatoms. The molecule has 5 rings (SSSR count). The number of aryl methyl sites for hydroxylation is 2. The van der Waals surface area contributed by atoms with E-state index in [-0.39, 0.29) is 5.56 Å². The van der Waals surface area contributed by atoms with Gasteiger partial charge >= 0.3 is 0 Å². The van der Waals surface area contributed by atoms with Crippen molar-refractivity contribution in [2.24, 2.45) is 13.0 Å². The molecule has 4 aromatic rings. The van der Waals surface area contributed by atoms with Crippen LogP contribution in [0, 0.1) is 36.9 Å². The van der Waals surface area contributed by atoms with E-state index >= 15 is 0 Å². The van der Waals surface area contributed by atoms with Crippen LogP contribution in [0.1, 0.15) is 23.4 Å². The number of fused-ring (bicyclic) bond motifs is 1. The lowest BCUT2D eigenvalue weighted by Gasteiger charge is -2.14. The molecule has 1 atom stereocenters. The Morgan fingerprint density at radius 1 is 1.18 bits per heavy atom. The highest BCUT2D eigenvalue weighted by molar-refractivity contribution is 5.96. The number of anilines is 1. The zero-order valence-corrected chi connectivity index (χ0v) is 19.5. The fraction of sp³-hybridized carbons (Fsp3) is 0.308. The van der Waals surface area contributed by atoms with Crippen LogP contribution in [-0.4, -0.2) is 39.4 Å². The fourth-order valence-electron chi connectivity index (χ4n) is 4.65. The number of rotatable bonds is 5. The number of halogens is 1. The van der Waals surface area contributed by atoms with Gasteiger partial charge in [0.05, 0.1) is 22.5 Å². The van der Waals surface area contributed by atoms with Gasteiger partial charge < -0.3 is 10.6 Å². The number of hydrogen-bond donors (Lipinski definition) is 2. The molecule has 2 N–H and O–H groups in total. The molecule has 0 saturated carbocycles. The van der Waals surface area contributed by atoms with Crippen LogP contribution in [0.25, 0.3) is 33.3 Å². The molecule has 0 radical (unpaired) electrons. The van der Waals surface area contributed by atoms with E-state index in [1.54, 1.807) is 6.07 Å². The largest absolute Gasteiger partial charge is 0.354 e. The standard InChI is InChI=1S/C26H26FN7/c1-15-24(16(2)34(3)33-15)18-6-7-23-21(10-18)25(19-4-5-20(12-28)22(27)11-19)32-26(31-23)30-14-17-8-9-29-13-17/h4-7,10-11,17,29H,8-9,13-14H2,1-3H3,(H,30,31,32). The van der Waals surface area contributed by atoms with Crippen LogP contribution in [-0.2, 0) is 7.05 Å². The van der Waals surface area contributed by atoms with E-state index in [9.17, 15) is 4.39 Å². The second kappa shape index (κ2) is 8.84. The SMILES string of the molecule is Cc1nn(C)c(C)c1-c1ccc2nc(NCC3CCNC3)nc(-c3ccc(C#N)c(F)c3)c2c1. The Bertz CT molecular complexity index is 1430. The summed E-state index contributed by atoms with van der Waals surface area (Å²) in [5, 5.41) is 21.3. The van der Waals surface area contributed by atoms with E-state index in [1.807, 2.05) is 49.8 Å². The first-order chi connectivity index (χ1) is 16.4.